The van der Waals surface area contributed by atoms with Gasteiger partial charge in [0, 0.05) is 16.7 Å². The Balaban J connectivity index is 2.35. The summed E-state index contributed by atoms with van der Waals surface area (Å²) in [7, 11) is 0. The van der Waals surface area contributed by atoms with Gasteiger partial charge in [-0.2, -0.15) is 0 Å². The first-order valence-electron chi connectivity index (χ1n) is 5.80. The zero-order chi connectivity index (χ0) is 14.0. The van der Waals surface area contributed by atoms with E-state index < -0.39 is 11.9 Å². The highest BCUT2D eigenvalue weighted by molar-refractivity contribution is 9.10. The van der Waals surface area contributed by atoms with Gasteiger partial charge in [0.25, 0.3) is 0 Å². The van der Waals surface area contributed by atoms with Crippen molar-refractivity contribution in [3.8, 4) is 11.4 Å². The van der Waals surface area contributed by atoms with E-state index in [1.807, 2.05) is 13.8 Å². The summed E-state index contributed by atoms with van der Waals surface area (Å²) in [6.45, 7) is 3.66. The summed E-state index contributed by atoms with van der Waals surface area (Å²) in [6, 6.07) is 5.24. The van der Waals surface area contributed by atoms with Gasteiger partial charge in [-0.3, -0.25) is 9.78 Å². The number of pyridine rings is 1. The van der Waals surface area contributed by atoms with E-state index in [1.54, 1.807) is 24.4 Å². The number of rotatable bonds is 4. The minimum absolute atomic E-state index is 0.0752. The van der Waals surface area contributed by atoms with E-state index in [9.17, 15) is 9.90 Å². The average molecular weight is 325 g/mol. The van der Waals surface area contributed by atoms with Crippen molar-refractivity contribution in [1.29, 1.82) is 0 Å². The third-order valence-electron chi connectivity index (χ3n) is 2.75. The molecule has 0 aliphatic carbocycles. The lowest BCUT2D eigenvalue weighted by Gasteiger charge is -2.11. The van der Waals surface area contributed by atoms with Crippen LogP contribution in [0.3, 0.4) is 0 Å². The second-order valence-corrected chi connectivity index (χ2v) is 5.45. The Bertz CT molecular complexity index is 595. The molecule has 1 atom stereocenters. The highest BCUT2D eigenvalue weighted by Gasteiger charge is 2.28. The van der Waals surface area contributed by atoms with Gasteiger partial charge in [0.2, 0.25) is 0 Å². The lowest BCUT2D eigenvalue weighted by molar-refractivity contribution is -0.140. The zero-order valence-electron chi connectivity index (χ0n) is 10.5. The molecule has 5 nitrogen and oxygen atoms in total. The standard InChI is InChI=1S/C13H13BrN2O3/c1-7(2)12(13(17)18)11-6-10(16-19-11)9-5-8(14)3-4-15-9/h3-7,12H,1-2H3,(H,17,18). The zero-order valence-corrected chi connectivity index (χ0v) is 12.1. The van der Waals surface area contributed by atoms with E-state index in [0.717, 1.165) is 4.47 Å². The summed E-state index contributed by atoms with van der Waals surface area (Å²) in [5, 5.41) is 13.1. The van der Waals surface area contributed by atoms with E-state index in [1.165, 1.54) is 0 Å². The van der Waals surface area contributed by atoms with Gasteiger partial charge in [-0.25, -0.2) is 0 Å². The average Bonchev–Trinajstić information content (AvgIpc) is 2.77. The van der Waals surface area contributed by atoms with Crippen LogP contribution in [-0.4, -0.2) is 21.2 Å². The monoisotopic (exact) mass is 324 g/mol. The van der Waals surface area contributed by atoms with Gasteiger partial charge < -0.3 is 9.63 Å². The molecular formula is C13H13BrN2O3. The topological polar surface area (TPSA) is 76.2 Å². The van der Waals surface area contributed by atoms with Gasteiger partial charge in [-0.15, -0.1) is 0 Å². The maximum Gasteiger partial charge on any atom is 0.314 e. The van der Waals surface area contributed by atoms with Crippen molar-refractivity contribution < 1.29 is 14.4 Å². The third kappa shape index (κ3) is 3.01. The number of aliphatic carboxylic acids is 1. The second-order valence-electron chi connectivity index (χ2n) is 4.53. The Morgan fingerprint density at radius 1 is 1.37 bits per heavy atom. The first kappa shape index (κ1) is 13.7. The molecule has 0 aliphatic heterocycles. The van der Waals surface area contributed by atoms with Crippen LogP contribution in [0.25, 0.3) is 11.4 Å². The first-order chi connectivity index (χ1) is 8.99. The smallest absolute Gasteiger partial charge is 0.314 e. The van der Waals surface area contributed by atoms with Gasteiger partial charge in [0.05, 0.1) is 5.69 Å². The van der Waals surface area contributed by atoms with Gasteiger partial charge in [-0.1, -0.05) is 34.9 Å². The molecule has 0 saturated heterocycles. The van der Waals surface area contributed by atoms with E-state index in [-0.39, 0.29) is 5.92 Å². The second kappa shape index (κ2) is 5.52. The largest absolute Gasteiger partial charge is 0.481 e. The summed E-state index contributed by atoms with van der Waals surface area (Å²) in [5.41, 5.74) is 1.17. The van der Waals surface area contributed by atoms with E-state index in [2.05, 4.69) is 26.1 Å². The lowest BCUT2D eigenvalue weighted by Crippen LogP contribution is -2.16. The van der Waals surface area contributed by atoms with Crippen molar-refractivity contribution in [3.05, 3.63) is 34.6 Å². The highest BCUT2D eigenvalue weighted by Crippen LogP contribution is 2.28. The van der Waals surface area contributed by atoms with E-state index in [0.29, 0.717) is 17.1 Å². The number of aromatic nitrogens is 2. The Hall–Kier alpha value is -1.69. The maximum atomic E-state index is 11.2. The Kier molecular flexibility index (Phi) is 3.99. The number of carbonyl (C=O) groups is 1. The minimum Gasteiger partial charge on any atom is -0.481 e. The molecule has 2 rings (SSSR count). The third-order valence-corrected chi connectivity index (χ3v) is 3.25. The molecule has 1 N–H and O–H groups in total. The summed E-state index contributed by atoms with van der Waals surface area (Å²) >= 11 is 3.35. The number of carboxylic acids is 1. The van der Waals surface area contributed by atoms with Gasteiger partial charge in [-0.05, 0) is 18.1 Å². The molecule has 2 aromatic rings. The number of carboxylic acid groups (broad SMARTS) is 1. The lowest BCUT2D eigenvalue weighted by atomic mass is 9.93. The summed E-state index contributed by atoms with van der Waals surface area (Å²) in [5.74, 6) is -1.35. The molecule has 0 aromatic carbocycles. The predicted molar refractivity (Wildman–Crippen MR) is 72.6 cm³/mol. The fourth-order valence-corrected chi connectivity index (χ4v) is 2.17. The molecule has 0 radical (unpaired) electrons. The quantitative estimate of drug-likeness (QED) is 0.933. The van der Waals surface area contributed by atoms with Gasteiger partial charge in [0.15, 0.2) is 5.76 Å². The molecule has 19 heavy (non-hydrogen) atoms. The van der Waals surface area contributed by atoms with E-state index in [4.69, 9.17) is 4.52 Å². The van der Waals surface area contributed by atoms with Crippen LogP contribution < -0.4 is 0 Å². The van der Waals surface area contributed by atoms with Crippen LogP contribution in [0.2, 0.25) is 0 Å². The van der Waals surface area contributed by atoms with Crippen molar-refractivity contribution in [2.75, 3.05) is 0 Å². The normalized spacial score (nSPS) is 12.6. The van der Waals surface area contributed by atoms with Crippen LogP contribution in [-0.2, 0) is 4.79 Å². The van der Waals surface area contributed by atoms with Crippen molar-refractivity contribution in [3.63, 3.8) is 0 Å². The number of hydrogen-bond donors (Lipinski definition) is 1. The molecule has 0 spiro atoms. The molecule has 0 amide bonds. The molecule has 6 heteroatoms. The van der Waals surface area contributed by atoms with Gasteiger partial charge >= 0.3 is 5.97 Å². The summed E-state index contributed by atoms with van der Waals surface area (Å²) in [4.78, 5) is 15.4. The first-order valence-corrected chi connectivity index (χ1v) is 6.59. The Morgan fingerprint density at radius 2 is 2.11 bits per heavy atom. The molecule has 0 fully saturated rings. The Labute approximate surface area is 118 Å². The molecule has 0 aliphatic rings. The molecule has 0 bridgehead atoms. The fourth-order valence-electron chi connectivity index (χ4n) is 1.84. The van der Waals surface area contributed by atoms with Crippen molar-refractivity contribution in [2.45, 2.75) is 19.8 Å². The summed E-state index contributed by atoms with van der Waals surface area (Å²) in [6.07, 6.45) is 1.64. The number of nitrogens with zero attached hydrogens (tertiary/aromatic N) is 2. The van der Waals surface area contributed by atoms with Crippen LogP contribution in [0.15, 0.2) is 33.4 Å². The van der Waals surface area contributed by atoms with Crippen molar-refractivity contribution in [2.24, 2.45) is 5.92 Å². The Morgan fingerprint density at radius 3 is 2.68 bits per heavy atom. The van der Waals surface area contributed by atoms with Crippen molar-refractivity contribution >= 4 is 21.9 Å². The molecule has 1 unspecified atom stereocenters. The minimum atomic E-state index is -0.917. The molecule has 100 valence electrons. The van der Waals surface area contributed by atoms with Crippen LogP contribution in [0.5, 0.6) is 0 Å². The predicted octanol–water partition coefficient (Wildman–Crippen LogP) is 3.32. The fraction of sp³-hybridized carbons (Fsp3) is 0.308. The van der Waals surface area contributed by atoms with Crippen LogP contribution in [0.4, 0.5) is 0 Å². The number of halogens is 1. The number of hydrogen-bond acceptors (Lipinski definition) is 4. The highest BCUT2D eigenvalue weighted by atomic mass is 79.9. The van der Waals surface area contributed by atoms with Gasteiger partial charge in [0.1, 0.15) is 11.6 Å². The SMILES string of the molecule is CC(C)C(C(=O)O)c1cc(-c2cc(Br)ccn2)no1. The molecule has 2 heterocycles. The van der Waals surface area contributed by atoms with Crippen LogP contribution in [0, 0.1) is 5.92 Å². The van der Waals surface area contributed by atoms with Crippen molar-refractivity contribution in [1.82, 2.24) is 10.1 Å². The molecule has 0 saturated carbocycles. The molecular weight excluding hydrogens is 312 g/mol. The van der Waals surface area contributed by atoms with Crippen LogP contribution in [0.1, 0.15) is 25.5 Å². The summed E-state index contributed by atoms with van der Waals surface area (Å²) < 4.78 is 6.03. The maximum absolute atomic E-state index is 11.2. The van der Waals surface area contributed by atoms with Crippen LogP contribution >= 0.6 is 15.9 Å². The molecule has 2 aromatic heterocycles. The van der Waals surface area contributed by atoms with E-state index >= 15 is 0 Å².